The summed E-state index contributed by atoms with van der Waals surface area (Å²) in [4.78, 5) is 18.8. The largest absolute Gasteiger partial charge is 0.486 e. The molecule has 5 nitrogen and oxygen atoms in total. The first kappa shape index (κ1) is 18.7. The summed E-state index contributed by atoms with van der Waals surface area (Å²) in [5.74, 6) is -0.382. The topological polar surface area (TPSA) is 46.8 Å². The number of imidazole rings is 1. The lowest BCUT2D eigenvalue weighted by molar-refractivity contribution is 0.0987. The van der Waals surface area contributed by atoms with Crippen LogP contribution in [0.25, 0.3) is 5.65 Å². The lowest BCUT2D eigenvalue weighted by Crippen LogP contribution is -2.27. The Morgan fingerprint density at radius 2 is 1.86 bits per heavy atom. The molecule has 0 radical (unpaired) electrons. The number of anilines is 1. The third kappa shape index (κ3) is 3.69. The fourth-order valence-corrected chi connectivity index (χ4v) is 3.21. The Morgan fingerprint density at radius 1 is 1.10 bits per heavy atom. The van der Waals surface area contributed by atoms with Crippen molar-refractivity contribution in [3.05, 3.63) is 95.7 Å². The number of amides is 1. The quantitative estimate of drug-likeness (QED) is 0.500. The number of carbonyl (C=O) groups excluding carboxylic acids is 1. The van der Waals surface area contributed by atoms with E-state index >= 15 is 0 Å². The first-order chi connectivity index (χ1) is 14.0. The van der Waals surface area contributed by atoms with Gasteiger partial charge in [-0.25, -0.2) is 9.37 Å². The minimum absolute atomic E-state index is 0.211. The second-order valence-corrected chi connectivity index (χ2v) is 6.75. The summed E-state index contributed by atoms with van der Waals surface area (Å²) < 4.78 is 21.9. The Balaban J connectivity index is 1.57. The molecule has 0 unspecified atom stereocenters. The van der Waals surface area contributed by atoms with Crippen molar-refractivity contribution in [1.82, 2.24) is 9.38 Å². The molecule has 4 aromatic rings. The van der Waals surface area contributed by atoms with Gasteiger partial charge in [0, 0.05) is 19.4 Å². The molecule has 0 saturated heterocycles. The lowest BCUT2D eigenvalue weighted by atomic mass is 10.1. The van der Waals surface area contributed by atoms with E-state index in [9.17, 15) is 9.18 Å². The molecule has 1 amide bonds. The van der Waals surface area contributed by atoms with Crippen molar-refractivity contribution in [3.63, 3.8) is 0 Å². The maximum absolute atomic E-state index is 14.1. The van der Waals surface area contributed by atoms with Crippen LogP contribution >= 0.6 is 0 Å². The Bertz CT molecular complexity index is 1190. The molecule has 0 aliphatic rings. The molecule has 146 valence electrons. The smallest absolute Gasteiger partial charge is 0.261 e. The molecule has 2 heterocycles. The first-order valence-electron chi connectivity index (χ1n) is 9.22. The second kappa shape index (κ2) is 7.75. The monoisotopic (exact) mass is 389 g/mol. The Kier molecular flexibility index (Phi) is 4.99. The number of fused-ring (bicyclic) bond motifs is 1. The van der Waals surface area contributed by atoms with Crippen LogP contribution in [0.2, 0.25) is 0 Å². The third-order valence-electron chi connectivity index (χ3n) is 4.74. The average Bonchev–Trinajstić information content (AvgIpc) is 3.16. The first-order valence-corrected chi connectivity index (χ1v) is 9.22. The summed E-state index contributed by atoms with van der Waals surface area (Å²) in [5, 5.41) is 0. The van der Waals surface area contributed by atoms with Crippen molar-refractivity contribution in [2.45, 2.75) is 13.5 Å². The molecular weight excluding hydrogens is 369 g/mol. The summed E-state index contributed by atoms with van der Waals surface area (Å²) in [6.45, 7) is 2.22. The third-order valence-corrected chi connectivity index (χ3v) is 4.74. The molecule has 0 N–H and O–H groups in total. The van der Waals surface area contributed by atoms with Crippen LogP contribution in [-0.2, 0) is 6.61 Å². The van der Waals surface area contributed by atoms with Crippen LogP contribution < -0.4 is 9.64 Å². The normalized spacial score (nSPS) is 10.9. The molecule has 0 saturated carbocycles. The van der Waals surface area contributed by atoms with Gasteiger partial charge in [-0.2, -0.15) is 0 Å². The van der Waals surface area contributed by atoms with Gasteiger partial charge in [0.25, 0.3) is 5.91 Å². The predicted octanol–water partition coefficient (Wildman–Crippen LogP) is 4.64. The molecule has 0 aliphatic heterocycles. The van der Waals surface area contributed by atoms with E-state index in [1.165, 1.54) is 11.0 Å². The molecule has 0 spiro atoms. The molecule has 6 heteroatoms. The number of para-hydroxylation sites is 2. The lowest BCUT2D eigenvalue weighted by Gasteiger charge is -2.19. The standard InChI is InChI=1S/C23H20FN3O2/c1-16-8-7-13-27-14-17(25-22(16)27)15-29-21-12-6-3-9-18(21)23(28)26(2)20-11-5-4-10-19(20)24/h3-14H,15H2,1-2H3. The van der Waals surface area contributed by atoms with Crippen molar-refractivity contribution < 1.29 is 13.9 Å². The molecular formula is C23H20FN3O2. The van der Waals surface area contributed by atoms with Crippen LogP contribution in [0.5, 0.6) is 5.75 Å². The molecule has 2 aromatic carbocycles. The van der Waals surface area contributed by atoms with Crippen molar-refractivity contribution in [3.8, 4) is 5.75 Å². The van der Waals surface area contributed by atoms with Gasteiger partial charge in [0.05, 0.1) is 16.9 Å². The van der Waals surface area contributed by atoms with Crippen LogP contribution in [0.4, 0.5) is 10.1 Å². The van der Waals surface area contributed by atoms with E-state index in [1.807, 2.05) is 35.9 Å². The fraction of sp³-hybridized carbons (Fsp3) is 0.130. The number of halogens is 1. The average molecular weight is 389 g/mol. The van der Waals surface area contributed by atoms with Crippen LogP contribution in [0.1, 0.15) is 21.6 Å². The van der Waals surface area contributed by atoms with Gasteiger partial charge in [-0.1, -0.05) is 30.3 Å². The summed E-state index contributed by atoms with van der Waals surface area (Å²) in [6, 6.07) is 17.1. The van der Waals surface area contributed by atoms with Gasteiger partial charge in [0.1, 0.15) is 23.8 Å². The van der Waals surface area contributed by atoms with E-state index in [0.29, 0.717) is 11.3 Å². The number of aromatic nitrogens is 2. The zero-order valence-corrected chi connectivity index (χ0v) is 16.2. The number of rotatable bonds is 5. The van der Waals surface area contributed by atoms with E-state index in [0.717, 1.165) is 16.9 Å². The Hall–Kier alpha value is -3.67. The number of carbonyl (C=O) groups is 1. The number of hydrogen-bond acceptors (Lipinski definition) is 3. The number of hydrogen-bond donors (Lipinski definition) is 0. The molecule has 4 rings (SSSR count). The van der Waals surface area contributed by atoms with Crippen LogP contribution in [0, 0.1) is 12.7 Å². The maximum atomic E-state index is 14.1. The number of nitrogens with zero attached hydrogens (tertiary/aromatic N) is 3. The van der Waals surface area contributed by atoms with Crippen LogP contribution in [0.3, 0.4) is 0 Å². The highest BCUT2D eigenvalue weighted by atomic mass is 19.1. The zero-order chi connectivity index (χ0) is 20.4. The number of ether oxygens (including phenoxy) is 1. The van der Waals surface area contributed by atoms with Gasteiger partial charge in [-0.05, 0) is 42.8 Å². The molecule has 0 aliphatic carbocycles. The van der Waals surface area contributed by atoms with Crippen molar-refractivity contribution in [2.75, 3.05) is 11.9 Å². The van der Waals surface area contributed by atoms with E-state index < -0.39 is 5.82 Å². The van der Waals surface area contributed by atoms with E-state index in [-0.39, 0.29) is 18.2 Å². The predicted molar refractivity (Wildman–Crippen MR) is 110 cm³/mol. The van der Waals surface area contributed by atoms with Gasteiger partial charge < -0.3 is 14.0 Å². The van der Waals surface area contributed by atoms with Crippen LogP contribution in [0.15, 0.2) is 73.1 Å². The zero-order valence-electron chi connectivity index (χ0n) is 16.2. The Labute approximate surface area is 168 Å². The minimum atomic E-state index is -0.457. The van der Waals surface area contributed by atoms with Gasteiger partial charge in [0.15, 0.2) is 0 Å². The Morgan fingerprint density at radius 3 is 2.66 bits per heavy atom. The van der Waals surface area contributed by atoms with E-state index in [1.54, 1.807) is 49.5 Å². The number of aryl methyl sites for hydroxylation is 1. The SMILES string of the molecule is Cc1cccn2cc(COc3ccccc3C(=O)N(C)c3ccccc3F)nc12. The van der Waals surface area contributed by atoms with E-state index in [4.69, 9.17) is 4.74 Å². The number of benzene rings is 2. The molecule has 0 bridgehead atoms. The summed E-state index contributed by atoms with van der Waals surface area (Å²) in [5.41, 5.74) is 3.26. The second-order valence-electron chi connectivity index (χ2n) is 6.75. The minimum Gasteiger partial charge on any atom is -0.486 e. The highest BCUT2D eigenvalue weighted by Crippen LogP contribution is 2.25. The van der Waals surface area contributed by atoms with Crippen molar-refractivity contribution >= 4 is 17.2 Å². The molecule has 2 aromatic heterocycles. The van der Waals surface area contributed by atoms with Gasteiger partial charge in [-0.15, -0.1) is 0 Å². The van der Waals surface area contributed by atoms with Crippen LogP contribution in [-0.4, -0.2) is 22.3 Å². The summed E-state index contributed by atoms with van der Waals surface area (Å²) in [7, 11) is 1.54. The maximum Gasteiger partial charge on any atom is 0.261 e. The highest BCUT2D eigenvalue weighted by molar-refractivity contribution is 6.07. The molecule has 0 atom stereocenters. The molecule has 29 heavy (non-hydrogen) atoms. The van der Waals surface area contributed by atoms with Gasteiger partial charge in [-0.3, -0.25) is 4.79 Å². The number of pyridine rings is 1. The van der Waals surface area contributed by atoms with Gasteiger partial charge in [0.2, 0.25) is 0 Å². The highest BCUT2D eigenvalue weighted by Gasteiger charge is 2.20. The van der Waals surface area contributed by atoms with Gasteiger partial charge >= 0.3 is 0 Å². The summed E-state index contributed by atoms with van der Waals surface area (Å²) in [6.07, 6.45) is 3.83. The van der Waals surface area contributed by atoms with Crippen molar-refractivity contribution in [1.29, 1.82) is 0 Å². The van der Waals surface area contributed by atoms with E-state index in [2.05, 4.69) is 4.98 Å². The molecule has 0 fully saturated rings. The van der Waals surface area contributed by atoms with Crippen molar-refractivity contribution in [2.24, 2.45) is 0 Å². The summed E-state index contributed by atoms with van der Waals surface area (Å²) >= 11 is 0. The fourth-order valence-electron chi connectivity index (χ4n) is 3.21.